The van der Waals surface area contributed by atoms with Crippen LogP contribution in [0.3, 0.4) is 0 Å². The second-order valence-corrected chi connectivity index (χ2v) is 11.9. The third-order valence-electron chi connectivity index (χ3n) is 8.65. The van der Waals surface area contributed by atoms with Crippen LogP contribution >= 0.6 is 15.9 Å². The molecular weight excluding hydrogens is 532 g/mol. The average Bonchev–Trinajstić information content (AvgIpc) is 3.18. The Kier molecular flexibility index (Phi) is 4.97. The van der Waals surface area contributed by atoms with Crippen molar-refractivity contribution in [2.24, 2.45) is 0 Å². The number of rotatable bonds is 2. The molecule has 5 aromatic carbocycles. The Morgan fingerprint density at radius 3 is 1.66 bits per heavy atom. The van der Waals surface area contributed by atoms with Gasteiger partial charge in [-0.05, 0) is 62.7 Å². The summed E-state index contributed by atoms with van der Waals surface area (Å²) in [7, 11) is 0. The first kappa shape index (κ1) is 23.6. The van der Waals surface area contributed by atoms with Gasteiger partial charge in [-0.2, -0.15) is 0 Å². The monoisotopic (exact) mass is 558 g/mol. The summed E-state index contributed by atoms with van der Waals surface area (Å²) in [6.45, 7) is 4.48. The average molecular weight is 560 g/mol. The summed E-state index contributed by atoms with van der Waals surface area (Å²) in [6, 6.07) is 38.2. The van der Waals surface area contributed by atoms with Gasteiger partial charge in [0.05, 0.1) is 0 Å². The fraction of sp³-hybridized carbons (Fsp3) is 0.143. The number of hydrogen-bond donors (Lipinski definition) is 2. The number of aliphatic hydroxyl groups is 2. The van der Waals surface area contributed by atoms with Gasteiger partial charge in [-0.1, -0.05) is 127 Å². The van der Waals surface area contributed by atoms with Crippen LogP contribution in [0.15, 0.2) is 120 Å². The fourth-order valence-electron chi connectivity index (χ4n) is 6.75. The van der Waals surface area contributed by atoms with Crippen LogP contribution in [0.25, 0.3) is 11.1 Å². The van der Waals surface area contributed by atoms with Gasteiger partial charge in [-0.25, -0.2) is 0 Å². The highest BCUT2D eigenvalue weighted by molar-refractivity contribution is 9.10. The minimum atomic E-state index is -1.46. The maximum Gasteiger partial charge on any atom is 0.141 e. The minimum Gasteiger partial charge on any atom is -0.376 e. The molecule has 0 amide bonds. The van der Waals surface area contributed by atoms with Crippen molar-refractivity contribution in [1.29, 1.82) is 0 Å². The standard InChI is InChI=1S/C35H27BrO2/c1-33(2)27-16-10-9-15-25(27)26-20-31-32(21-29(26)33)35(38,23-13-7-4-8-14-23)30-19-24(36)17-18-28(30)34(31,37)22-11-5-3-6-12-22/h3-21,37-38H,1-2H3. The first-order valence-corrected chi connectivity index (χ1v) is 13.7. The predicted octanol–water partition coefficient (Wildman–Crippen LogP) is 7.64. The highest BCUT2D eigenvalue weighted by Gasteiger charge is 2.52. The molecule has 2 unspecified atom stereocenters. The summed E-state index contributed by atoms with van der Waals surface area (Å²) in [5, 5.41) is 25.8. The molecule has 2 aliphatic rings. The quantitative estimate of drug-likeness (QED) is 0.234. The van der Waals surface area contributed by atoms with Crippen LogP contribution in [0.4, 0.5) is 0 Å². The van der Waals surface area contributed by atoms with Crippen molar-refractivity contribution in [2.45, 2.75) is 30.5 Å². The zero-order chi connectivity index (χ0) is 26.3. The molecule has 0 spiro atoms. The van der Waals surface area contributed by atoms with Crippen molar-refractivity contribution in [3.8, 4) is 11.1 Å². The molecule has 2 N–H and O–H groups in total. The van der Waals surface area contributed by atoms with E-state index < -0.39 is 11.2 Å². The van der Waals surface area contributed by atoms with Crippen LogP contribution in [0.2, 0.25) is 0 Å². The molecule has 3 heteroatoms. The lowest BCUT2D eigenvalue weighted by atomic mass is 9.62. The lowest BCUT2D eigenvalue weighted by Crippen LogP contribution is -2.44. The van der Waals surface area contributed by atoms with E-state index in [-0.39, 0.29) is 5.41 Å². The van der Waals surface area contributed by atoms with Crippen LogP contribution in [0.5, 0.6) is 0 Å². The summed E-state index contributed by atoms with van der Waals surface area (Å²) in [5.41, 5.74) is 5.82. The van der Waals surface area contributed by atoms with E-state index in [0.29, 0.717) is 22.3 Å². The lowest BCUT2D eigenvalue weighted by molar-refractivity contribution is 0.0746. The van der Waals surface area contributed by atoms with Crippen LogP contribution in [-0.2, 0) is 16.6 Å². The molecule has 5 aromatic rings. The highest BCUT2D eigenvalue weighted by Crippen LogP contribution is 2.58. The number of benzene rings is 5. The van der Waals surface area contributed by atoms with E-state index in [1.165, 1.54) is 11.1 Å². The van der Waals surface area contributed by atoms with E-state index in [2.05, 4.69) is 66.2 Å². The van der Waals surface area contributed by atoms with E-state index in [4.69, 9.17) is 0 Å². The second-order valence-electron chi connectivity index (χ2n) is 11.0. The van der Waals surface area contributed by atoms with Gasteiger partial charge in [0.1, 0.15) is 11.2 Å². The maximum absolute atomic E-state index is 12.9. The molecule has 0 aromatic heterocycles. The number of fused-ring (bicyclic) bond motifs is 5. The fourth-order valence-corrected chi connectivity index (χ4v) is 7.11. The van der Waals surface area contributed by atoms with Crippen LogP contribution in [0, 0.1) is 0 Å². The van der Waals surface area contributed by atoms with E-state index >= 15 is 0 Å². The highest BCUT2D eigenvalue weighted by atomic mass is 79.9. The minimum absolute atomic E-state index is 0.249. The van der Waals surface area contributed by atoms with E-state index in [0.717, 1.165) is 26.7 Å². The van der Waals surface area contributed by atoms with Gasteiger partial charge in [-0.3, -0.25) is 0 Å². The van der Waals surface area contributed by atoms with Gasteiger partial charge < -0.3 is 10.2 Å². The Balaban J connectivity index is 1.66. The van der Waals surface area contributed by atoms with Crippen molar-refractivity contribution in [3.63, 3.8) is 0 Å². The van der Waals surface area contributed by atoms with Crippen molar-refractivity contribution < 1.29 is 10.2 Å². The molecule has 2 atom stereocenters. The lowest BCUT2D eigenvalue weighted by Gasteiger charge is -2.46. The zero-order valence-corrected chi connectivity index (χ0v) is 22.8. The van der Waals surface area contributed by atoms with Crippen LogP contribution in [0.1, 0.15) is 58.4 Å². The SMILES string of the molecule is CC1(C)c2ccccc2-c2cc3c(cc21)C(O)(c1ccccc1)c1cc(Br)ccc1C3(O)c1ccccc1. The van der Waals surface area contributed by atoms with Gasteiger partial charge in [-0.15, -0.1) is 0 Å². The largest absolute Gasteiger partial charge is 0.376 e. The Labute approximate surface area is 231 Å². The normalized spacial score (nSPS) is 22.2. The van der Waals surface area contributed by atoms with Gasteiger partial charge in [0.2, 0.25) is 0 Å². The van der Waals surface area contributed by atoms with Gasteiger partial charge in [0.15, 0.2) is 0 Å². The summed E-state index contributed by atoms with van der Waals surface area (Å²) < 4.78 is 0.846. The zero-order valence-electron chi connectivity index (χ0n) is 21.2. The molecule has 0 fully saturated rings. The summed E-state index contributed by atoms with van der Waals surface area (Å²) in [5.74, 6) is 0. The van der Waals surface area contributed by atoms with Gasteiger partial charge in [0.25, 0.3) is 0 Å². The molecular formula is C35H27BrO2. The smallest absolute Gasteiger partial charge is 0.141 e. The van der Waals surface area contributed by atoms with Gasteiger partial charge >= 0.3 is 0 Å². The van der Waals surface area contributed by atoms with E-state index in [1.54, 1.807) is 0 Å². The molecule has 0 aliphatic heterocycles. The Morgan fingerprint density at radius 1 is 0.474 bits per heavy atom. The van der Waals surface area contributed by atoms with Crippen molar-refractivity contribution >= 4 is 15.9 Å². The van der Waals surface area contributed by atoms with Crippen LogP contribution in [-0.4, -0.2) is 10.2 Å². The maximum atomic E-state index is 12.9. The summed E-state index contributed by atoms with van der Waals surface area (Å²) >= 11 is 3.64. The summed E-state index contributed by atoms with van der Waals surface area (Å²) in [4.78, 5) is 0. The third kappa shape index (κ3) is 2.95. The Morgan fingerprint density at radius 2 is 1.00 bits per heavy atom. The second kappa shape index (κ2) is 8.00. The van der Waals surface area contributed by atoms with Crippen molar-refractivity contribution in [3.05, 3.63) is 164 Å². The topological polar surface area (TPSA) is 40.5 Å². The molecule has 186 valence electrons. The summed E-state index contributed by atoms with van der Waals surface area (Å²) in [6.07, 6.45) is 0. The molecule has 0 saturated carbocycles. The number of hydrogen-bond acceptors (Lipinski definition) is 2. The van der Waals surface area contributed by atoms with Crippen molar-refractivity contribution in [2.75, 3.05) is 0 Å². The third-order valence-corrected chi connectivity index (χ3v) is 9.14. The predicted molar refractivity (Wildman–Crippen MR) is 155 cm³/mol. The molecule has 2 nitrogen and oxygen atoms in total. The first-order valence-electron chi connectivity index (χ1n) is 12.9. The Bertz CT molecular complexity index is 1720. The molecule has 0 heterocycles. The molecule has 7 rings (SSSR count). The molecule has 0 radical (unpaired) electrons. The van der Waals surface area contributed by atoms with Crippen LogP contribution < -0.4 is 0 Å². The Hall–Kier alpha value is -3.50. The number of halogens is 1. The molecule has 0 bridgehead atoms. The first-order chi connectivity index (χ1) is 18.3. The van der Waals surface area contributed by atoms with Crippen molar-refractivity contribution in [1.82, 2.24) is 0 Å². The van der Waals surface area contributed by atoms with Gasteiger partial charge in [0, 0.05) is 21.0 Å². The molecule has 0 saturated heterocycles. The van der Waals surface area contributed by atoms with E-state index in [1.807, 2.05) is 78.9 Å². The van der Waals surface area contributed by atoms with E-state index in [9.17, 15) is 10.2 Å². The molecule has 38 heavy (non-hydrogen) atoms. The molecule has 2 aliphatic carbocycles.